The maximum atomic E-state index is 13.7. The van der Waals surface area contributed by atoms with Gasteiger partial charge in [0, 0.05) is 12.1 Å². The average Bonchev–Trinajstić information content (AvgIpc) is 2.83. The summed E-state index contributed by atoms with van der Waals surface area (Å²) in [4.78, 5) is 13.1. The molecule has 138 valence electrons. The molecule has 0 radical (unpaired) electrons. The van der Waals surface area contributed by atoms with Crippen molar-refractivity contribution in [2.24, 2.45) is 0 Å². The van der Waals surface area contributed by atoms with Crippen LogP contribution >= 0.6 is 0 Å². The first kappa shape index (κ1) is 19.3. The number of benzene rings is 1. The topological polar surface area (TPSA) is 38.8 Å². The van der Waals surface area contributed by atoms with Gasteiger partial charge in [0.2, 0.25) is 0 Å². The third-order valence-corrected chi connectivity index (χ3v) is 3.77. The molecule has 0 aliphatic carbocycles. The zero-order chi connectivity index (χ0) is 18.9. The average molecular weight is 357 g/mol. The normalized spacial score (nSPS) is 21.5. The minimum atomic E-state index is -4.65. The summed E-state index contributed by atoms with van der Waals surface area (Å²) >= 11 is 0. The van der Waals surface area contributed by atoms with Crippen LogP contribution in [-0.4, -0.2) is 34.9 Å². The number of ether oxygens (including phenoxy) is 2. The fourth-order valence-electron chi connectivity index (χ4n) is 2.52. The summed E-state index contributed by atoms with van der Waals surface area (Å²) in [5.41, 5.74) is -2.66. The Kier molecular flexibility index (Phi) is 5.18. The number of amides is 1. The lowest BCUT2D eigenvalue weighted by Gasteiger charge is -2.31. The number of hydrogen-bond acceptors (Lipinski definition) is 3. The van der Waals surface area contributed by atoms with E-state index in [1.807, 2.05) is 0 Å². The van der Waals surface area contributed by atoms with E-state index in [1.165, 1.54) is 0 Å². The predicted octanol–water partition coefficient (Wildman–Crippen LogP) is 4.66. The van der Waals surface area contributed by atoms with Crippen molar-refractivity contribution in [1.82, 2.24) is 4.90 Å². The van der Waals surface area contributed by atoms with E-state index in [0.29, 0.717) is 5.56 Å². The minimum absolute atomic E-state index is 0.0274. The van der Waals surface area contributed by atoms with Gasteiger partial charge in [-0.2, -0.15) is 13.2 Å². The highest BCUT2D eigenvalue weighted by Gasteiger charge is 2.61. The van der Waals surface area contributed by atoms with Crippen LogP contribution in [0.1, 0.15) is 32.8 Å². The standard InChI is InChI=1S/C18H22F3NO3/c1-13-10-17(18(19,20)21,24-11-14-8-6-5-7-9-14)12-22(13)15(23)25-16(2,3)4/h5-9H,1,10-12H2,2-4H3/t17-/m0/s1. The lowest BCUT2D eigenvalue weighted by Crippen LogP contribution is -2.50. The number of likely N-dealkylation sites (tertiary alicyclic amines) is 1. The Hall–Kier alpha value is -2.02. The number of halogens is 3. The lowest BCUT2D eigenvalue weighted by molar-refractivity contribution is -0.275. The molecule has 0 unspecified atom stereocenters. The fraction of sp³-hybridized carbons (Fsp3) is 0.500. The second-order valence-corrected chi connectivity index (χ2v) is 7.08. The Bertz CT molecular complexity index is 637. The zero-order valence-corrected chi connectivity index (χ0v) is 14.5. The molecule has 1 saturated heterocycles. The highest BCUT2D eigenvalue weighted by atomic mass is 19.4. The van der Waals surface area contributed by atoms with Crippen molar-refractivity contribution in [2.45, 2.75) is 51.2 Å². The van der Waals surface area contributed by atoms with E-state index < -0.39 is 36.4 Å². The molecule has 25 heavy (non-hydrogen) atoms. The van der Waals surface area contributed by atoms with Gasteiger partial charge in [0.1, 0.15) is 5.60 Å². The van der Waals surface area contributed by atoms with E-state index in [9.17, 15) is 18.0 Å². The SMILES string of the molecule is C=C1C[C@@](OCc2ccccc2)(C(F)(F)F)CN1C(=O)OC(C)(C)C. The van der Waals surface area contributed by atoms with Crippen molar-refractivity contribution in [2.75, 3.05) is 6.54 Å². The molecule has 0 bridgehead atoms. The van der Waals surface area contributed by atoms with Gasteiger partial charge in [0.05, 0.1) is 13.2 Å². The van der Waals surface area contributed by atoms with E-state index in [1.54, 1.807) is 51.1 Å². The van der Waals surface area contributed by atoms with Gasteiger partial charge in [-0.25, -0.2) is 4.79 Å². The summed E-state index contributed by atoms with van der Waals surface area (Å²) in [6, 6.07) is 8.57. The highest BCUT2D eigenvalue weighted by molar-refractivity contribution is 5.71. The third kappa shape index (κ3) is 4.54. The monoisotopic (exact) mass is 357 g/mol. The Labute approximate surface area is 145 Å². The number of nitrogens with zero attached hydrogens (tertiary/aromatic N) is 1. The predicted molar refractivity (Wildman–Crippen MR) is 86.7 cm³/mol. The molecule has 0 saturated carbocycles. The van der Waals surface area contributed by atoms with Crippen molar-refractivity contribution >= 4 is 6.09 Å². The lowest BCUT2D eigenvalue weighted by atomic mass is 10.0. The van der Waals surface area contributed by atoms with Crippen LogP contribution in [0.15, 0.2) is 42.6 Å². The van der Waals surface area contributed by atoms with E-state index in [-0.39, 0.29) is 12.3 Å². The smallest absolute Gasteiger partial charge is 0.419 e. The van der Waals surface area contributed by atoms with Crippen LogP contribution in [0.3, 0.4) is 0 Å². The number of hydrogen-bond donors (Lipinski definition) is 0. The Morgan fingerprint density at radius 1 is 1.24 bits per heavy atom. The first-order valence-corrected chi connectivity index (χ1v) is 7.86. The molecular weight excluding hydrogens is 335 g/mol. The van der Waals surface area contributed by atoms with E-state index in [0.717, 1.165) is 4.90 Å². The van der Waals surface area contributed by atoms with Gasteiger partial charge in [-0.1, -0.05) is 36.9 Å². The molecule has 0 N–H and O–H groups in total. The summed E-state index contributed by atoms with van der Waals surface area (Å²) in [5.74, 6) is 0. The molecular formula is C18H22F3NO3. The van der Waals surface area contributed by atoms with Crippen LogP contribution in [0.2, 0.25) is 0 Å². The molecule has 1 aliphatic heterocycles. The maximum absolute atomic E-state index is 13.7. The van der Waals surface area contributed by atoms with Crippen molar-refractivity contribution in [1.29, 1.82) is 0 Å². The second kappa shape index (κ2) is 6.71. The summed E-state index contributed by atoms with van der Waals surface area (Å²) in [7, 11) is 0. The van der Waals surface area contributed by atoms with Gasteiger partial charge >= 0.3 is 12.3 Å². The van der Waals surface area contributed by atoms with Gasteiger partial charge in [0.25, 0.3) is 0 Å². The first-order chi connectivity index (χ1) is 11.4. The van der Waals surface area contributed by atoms with Crippen LogP contribution in [0.4, 0.5) is 18.0 Å². The molecule has 1 aromatic rings. The van der Waals surface area contributed by atoms with E-state index >= 15 is 0 Å². The first-order valence-electron chi connectivity index (χ1n) is 7.86. The third-order valence-electron chi connectivity index (χ3n) is 3.77. The molecule has 7 heteroatoms. The van der Waals surface area contributed by atoms with Crippen LogP contribution in [0, 0.1) is 0 Å². The number of alkyl halides is 3. The summed E-state index contributed by atoms with van der Waals surface area (Å²) < 4.78 is 51.6. The van der Waals surface area contributed by atoms with Gasteiger partial charge in [-0.05, 0) is 26.3 Å². The largest absolute Gasteiger partial charge is 0.443 e. The van der Waals surface area contributed by atoms with Crippen LogP contribution < -0.4 is 0 Å². The minimum Gasteiger partial charge on any atom is -0.443 e. The molecule has 0 aromatic heterocycles. The molecule has 1 aliphatic rings. The molecule has 1 amide bonds. The van der Waals surface area contributed by atoms with Crippen LogP contribution in [-0.2, 0) is 16.1 Å². The molecule has 1 fully saturated rings. The van der Waals surface area contributed by atoms with Crippen molar-refractivity contribution in [3.05, 3.63) is 48.2 Å². The fourth-order valence-corrected chi connectivity index (χ4v) is 2.52. The van der Waals surface area contributed by atoms with E-state index in [4.69, 9.17) is 9.47 Å². The Morgan fingerprint density at radius 3 is 2.36 bits per heavy atom. The maximum Gasteiger partial charge on any atom is 0.419 e. The second-order valence-electron chi connectivity index (χ2n) is 7.08. The quantitative estimate of drug-likeness (QED) is 0.790. The van der Waals surface area contributed by atoms with Crippen LogP contribution in [0.25, 0.3) is 0 Å². The van der Waals surface area contributed by atoms with Gasteiger partial charge < -0.3 is 9.47 Å². The number of carbonyl (C=O) groups excluding carboxylic acids is 1. The molecule has 0 spiro atoms. The number of carbonyl (C=O) groups is 1. The highest BCUT2D eigenvalue weighted by Crippen LogP contribution is 2.45. The number of rotatable bonds is 3. The summed E-state index contributed by atoms with van der Waals surface area (Å²) in [5, 5.41) is 0. The van der Waals surface area contributed by atoms with Gasteiger partial charge in [0.15, 0.2) is 5.60 Å². The molecule has 1 heterocycles. The van der Waals surface area contributed by atoms with Gasteiger partial charge in [-0.15, -0.1) is 0 Å². The van der Waals surface area contributed by atoms with E-state index in [2.05, 4.69) is 6.58 Å². The van der Waals surface area contributed by atoms with Crippen molar-refractivity contribution in [3.8, 4) is 0 Å². The van der Waals surface area contributed by atoms with Crippen LogP contribution in [0.5, 0.6) is 0 Å². The van der Waals surface area contributed by atoms with Crippen molar-refractivity contribution < 1.29 is 27.4 Å². The Morgan fingerprint density at radius 2 is 1.84 bits per heavy atom. The molecule has 1 atom stereocenters. The molecule has 2 rings (SSSR count). The van der Waals surface area contributed by atoms with Gasteiger partial charge in [-0.3, -0.25) is 4.90 Å². The Balaban J connectivity index is 2.18. The zero-order valence-electron chi connectivity index (χ0n) is 14.5. The summed E-state index contributed by atoms with van der Waals surface area (Å²) in [6.45, 7) is 7.65. The summed E-state index contributed by atoms with van der Waals surface area (Å²) in [6.07, 6.45) is -6.02. The molecule has 4 nitrogen and oxygen atoms in total. The van der Waals surface area contributed by atoms with Crippen molar-refractivity contribution in [3.63, 3.8) is 0 Å². The molecule has 1 aromatic carbocycles.